The van der Waals surface area contributed by atoms with Gasteiger partial charge in [0.15, 0.2) is 0 Å². The van der Waals surface area contributed by atoms with Crippen LogP contribution in [0.3, 0.4) is 0 Å². The Kier molecular flexibility index (Phi) is 8.48. The second-order valence-electron chi connectivity index (χ2n) is 7.40. The minimum Gasteiger partial charge on any atom is -0.494 e. The van der Waals surface area contributed by atoms with Crippen molar-refractivity contribution in [2.24, 2.45) is 0 Å². The zero-order valence-electron chi connectivity index (χ0n) is 19.0. The molecule has 9 heteroatoms. The largest absolute Gasteiger partial charge is 0.494 e. The minimum absolute atomic E-state index is 0.0453. The molecule has 0 aliphatic heterocycles. The number of aryl methyl sites for hydroxylation is 1. The Hall–Kier alpha value is -3.59. The van der Waals surface area contributed by atoms with Crippen LogP contribution in [0.5, 0.6) is 11.5 Å². The Morgan fingerprint density at radius 2 is 1.50 bits per heavy atom. The van der Waals surface area contributed by atoms with Crippen molar-refractivity contribution >= 4 is 21.6 Å². The Bertz CT molecular complexity index is 1180. The molecule has 0 saturated heterocycles. The summed E-state index contributed by atoms with van der Waals surface area (Å²) in [4.78, 5) is 12.7. The molecule has 0 unspecified atom stereocenters. The molecule has 180 valence electrons. The second-order valence-corrected chi connectivity index (χ2v) is 9.27. The van der Waals surface area contributed by atoms with Crippen LogP contribution in [0.15, 0.2) is 77.7 Å². The van der Waals surface area contributed by atoms with Crippen LogP contribution in [0.25, 0.3) is 0 Å². The number of hydrogen-bond donors (Lipinski definition) is 1. The number of carbonyl (C=O) groups is 1. The average Bonchev–Trinajstić information content (AvgIpc) is 2.83. The van der Waals surface area contributed by atoms with Crippen LogP contribution in [0.1, 0.15) is 12.5 Å². The number of ether oxygens (including phenoxy) is 2. The summed E-state index contributed by atoms with van der Waals surface area (Å²) < 4.78 is 51.7. The van der Waals surface area contributed by atoms with E-state index in [2.05, 4.69) is 5.32 Å². The van der Waals surface area contributed by atoms with Crippen molar-refractivity contribution < 1.29 is 27.1 Å². The van der Waals surface area contributed by atoms with Crippen LogP contribution in [-0.4, -0.2) is 40.6 Å². The molecule has 0 radical (unpaired) electrons. The van der Waals surface area contributed by atoms with Gasteiger partial charge >= 0.3 is 0 Å². The Morgan fingerprint density at radius 3 is 2.12 bits per heavy atom. The van der Waals surface area contributed by atoms with Gasteiger partial charge in [0.1, 0.15) is 30.5 Å². The quantitative estimate of drug-likeness (QED) is 0.415. The third-order valence-electron chi connectivity index (χ3n) is 4.84. The van der Waals surface area contributed by atoms with Crippen LogP contribution in [0, 0.1) is 12.7 Å². The Morgan fingerprint density at radius 1 is 0.912 bits per heavy atom. The van der Waals surface area contributed by atoms with Crippen molar-refractivity contribution in [1.82, 2.24) is 5.32 Å². The highest BCUT2D eigenvalue weighted by molar-refractivity contribution is 7.92. The fraction of sp³-hybridized carbons (Fsp3) is 0.240. The van der Waals surface area contributed by atoms with Gasteiger partial charge < -0.3 is 14.8 Å². The summed E-state index contributed by atoms with van der Waals surface area (Å²) in [5.41, 5.74) is 1.33. The highest BCUT2D eigenvalue weighted by Crippen LogP contribution is 2.25. The molecular weight excluding hydrogens is 459 g/mol. The maximum absolute atomic E-state index is 13.4. The smallest absolute Gasteiger partial charge is 0.264 e. The third kappa shape index (κ3) is 6.71. The van der Waals surface area contributed by atoms with E-state index in [9.17, 15) is 17.6 Å². The zero-order chi connectivity index (χ0) is 24.6. The summed E-state index contributed by atoms with van der Waals surface area (Å²) in [5.74, 6) is 0.167. The van der Waals surface area contributed by atoms with Gasteiger partial charge in [-0.15, -0.1) is 0 Å². The number of amides is 1. The Labute approximate surface area is 199 Å². The van der Waals surface area contributed by atoms with Gasteiger partial charge in [-0.3, -0.25) is 9.10 Å². The molecular formula is C25H27FN2O5S. The van der Waals surface area contributed by atoms with Gasteiger partial charge in [-0.2, -0.15) is 0 Å². The van der Waals surface area contributed by atoms with Crippen molar-refractivity contribution in [1.29, 1.82) is 0 Å². The SMILES string of the molecule is CCOc1ccc(S(=O)(=O)N(CC(=O)NCCOc2ccc(F)cc2)c2ccc(C)cc2)cc1. The van der Waals surface area contributed by atoms with E-state index in [1.165, 1.54) is 36.4 Å². The fourth-order valence-corrected chi connectivity index (χ4v) is 4.53. The van der Waals surface area contributed by atoms with Crippen LogP contribution >= 0.6 is 0 Å². The number of carbonyl (C=O) groups excluding carboxylic acids is 1. The molecule has 1 amide bonds. The molecule has 0 aliphatic carbocycles. The number of sulfonamides is 1. The van der Waals surface area contributed by atoms with Crippen LogP contribution in [0.2, 0.25) is 0 Å². The molecule has 0 fully saturated rings. The summed E-state index contributed by atoms with van der Waals surface area (Å²) in [7, 11) is -4.02. The molecule has 0 spiro atoms. The molecule has 0 heterocycles. The van der Waals surface area contributed by atoms with Crippen LogP contribution in [-0.2, 0) is 14.8 Å². The van der Waals surface area contributed by atoms with Gasteiger partial charge in [-0.05, 0) is 74.5 Å². The number of nitrogens with zero attached hydrogens (tertiary/aromatic N) is 1. The monoisotopic (exact) mass is 486 g/mol. The van der Waals surface area contributed by atoms with E-state index in [4.69, 9.17) is 9.47 Å². The summed E-state index contributed by atoms with van der Waals surface area (Å²) in [5, 5.41) is 2.66. The minimum atomic E-state index is -4.02. The van der Waals surface area contributed by atoms with Crippen molar-refractivity contribution in [2.45, 2.75) is 18.7 Å². The summed E-state index contributed by atoms with van der Waals surface area (Å²) in [6.45, 7) is 4.09. The molecule has 3 rings (SSSR count). The van der Waals surface area contributed by atoms with Gasteiger partial charge in [0.25, 0.3) is 10.0 Å². The van der Waals surface area contributed by atoms with Crippen LogP contribution < -0.4 is 19.1 Å². The molecule has 34 heavy (non-hydrogen) atoms. The number of benzene rings is 3. The lowest BCUT2D eigenvalue weighted by Crippen LogP contribution is -2.41. The summed E-state index contributed by atoms with van der Waals surface area (Å²) in [6.07, 6.45) is 0. The third-order valence-corrected chi connectivity index (χ3v) is 6.63. The first-order valence-corrected chi connectivity index (χ1v) is 12.2. The van der Waals surface area contributed by atoms with Gasteiger partial charge in [0.2, 0.25) is 5.91 Å². The van der Waals surface area contributed by atoms with E-state index < -0.39 is 22.5 Å². The summed E-state index contributed by atoms with van der Waals surface area (Å²) >= 11 is 0. The van der Waals surface area contributed by atoms with Crippen molar-refractivity contribution in [3.8, 4) is 11.5 Å². The lowest BCUT2D eigenvalue weighted by atomic mass is 10.2. The van der Waals surface area contributed by atoms with E-state index in [0.29, 0.717) is 23.8 Å². The molecule has 0 saturated carbocycles. The maximum atomic E-state index is 13.4. The van der Waals surface area contributed by atoms with Crippen LogP contribution in [0.4, 0.5) is 10.1 Å². The first kappa shape index (κ1) is 25.0. The van der Waals surface area contributed by atoms with E-state index >= 15 is 0 Å². The van der Waals surface area contributed by atoms with Gasteiger partial charge in [0, 0.05) is 0 Å². The predicted molar refractivity (Wildman–Crippen MR) is 128 cm³/mol. The highest BCUT2D eigenvalue weighted by atomic mass is 32.2. The topological polar surface area (TPSA) is 84.9 Å². The predicted octanol–water partition coefficient (Wildman–Crippen LogP) is 3.92. The number of rotatable bonds is 11. The number of halogens is 1. The molecule has 3 aromatic rings. The first-order chi connectivity index (χ1) is 16.3. The molecule has 0 aliphatic rings. The lowest BCUT2D eigenvalue weighted by molar-refractivity contribution is -0.119. The average molecular weight is 487 g/mol. The molecule has 0 aromatic heterocycles. The molecule has 1 N–H and O–H groups in total. The standard InChI is InChI=1S/C25H27FN2O5S/c1-3-32-22-12-14-24(15-13-22)34(30,31)28(21-8-4-19(2)5-9-21)18-25(29)27-16-17-33-23-10-6-20(26)7-11-23/h4-15H,3,16-18H2,1-2H3,(H,27,29). The molecule has 7 nitrogen and oxygen atoms in total. The van der Waals surface area contributed by atoms with Gasteiger partial charge in [-0.1, -0.05) is 17.7 Å². The molecule has 0 bridgehead atoms. The second kappa shape index (κ2) is 11.5. The van der Waals surface area contributed by atoms with Crippen molar-refractivity contribution in [3.63, 3.8) is 0 Å². The zero-order valence-corrected chi connectivity index (χ0v) is 19.8. The van der Waals surface area contributed by atoms with Crippen molar-refractivity contribution in [2.75, 3.05) is 30.6 Å². The molecule has 3 aromatic carbocycles. The number of hydrogen-bond acceptors (Lipinski definition) is 5. The maximum Gasteiger partial charge on any atom is 0.264 e. The number of anilines is 1. The van der Waals surface area contributed by atoms with E-state index in [1.807, 2.05) is 13.8 Å². The first-order valence-electron chi connectivity index (χ1n) is 10.8. The van der Waals surface area contributed by atoms with Gasteiger partial charge in [0.05, 0.1) is 23.7 Å². The van der Waals surface area contributed by atoms with E-state index in [1.54, 1.807) is 36.4 Å². The fourth-order valence-electron chi connectivity index (χ4n) is 3.10. The van der Waals surface area contributed by atoms with E-state index in [-0.39, 0.29) is 23.9 Å². The highest BCUT2D eigenvalue weighted by Gasteiger charge is 2.27. The van der Waals surface area contributed by atoms with Gasteiger partial charge in [-0.25, -0.2) is 12.8 Å². The normalized spacial score (nSPS) is 11.0. The summed E-state index contributed by atoms with van der Waals surface area (Å²) in [6, 6.07) is 18.5. The lowest BCUT2D eigenvalue weighted by Gasteiger charge is -2.24. The van der Waals surface area contributed by atoms with E-state index in [0.717, 1.165) is 9.87 Å². The Balaban J connectivity index is 1.70. The molecule has 0 atom stereocenters. The van der Waals surface area contributed by atoms with Crippen molar-refractivity contribution in [3.05, 3.63) is 84.2 Å². The number of nitrogens with one attached hydrogen (secondary N) is 1.